The molecular formula is C108H73N3S3. The molecule has 22 rings (SSSR count). The number of para-hydroxylation sites is 1. The van der Waals surface area contributed by atoms with E-state index in [1.54, 1.807) is 0 Å². The van der Waals surface area contributed by atoms with E-state index in [-0.39, 0.29) is 0 Å². The Balaban J connectivity index is 0.000000154. The summed E-state index contributed by atoms with van der Waals surface area (Å²) in [6.07, 6.45) is 0. The molecule has 0 spiro atoms. The highest BCUT2D eigenvalue weighted by Crippen LogP contribution is 2.55. The Hall–Kier alpha value is -13.7. The van der Waals surface area contributed by atoms with E-state index in [1.165, 1.54) is 165 Å². The zero-order valence-corrected chi connectivity index (χ0v) is 65.2. The molecule has 0 fully saturated rings. The number of rotatable bonds is 13. The molecule has 0 aliphatic carbocycles. The third-order valence-corrected chi connectivity index (χ3v) is 26.2. The second kappa shape index (κ2) is 28.9. The fourth-order valence-corrected chi connectivity index (χ4v) is 21.2. The first-order chi connectivity index (χ1) is 56.4. The van der Waals surface area contributed by atoms with Gasteiger partial charge in [-0.15, -0.1) is 34.0 Å². The molecular weight excluding hydrogens is 1440 g/mol. The number of hydrogen-bond donors (Lipinski definition) is 0. The van der Waals surface area contributed by atoms with Crippen LogP contribution in [-0.4, -0.2) is 0 Å². The quantitative estimate of drug-likeness (QED) is 0.0841. The van der Waals surface area contributed by atoms with Gasteiger partial charge in [0.2, 0.25) is 0 Å². The van der Waals surface area contributed by atoms with Gasteiger partial charge in [-0.1, -0.05) is 315 Å². The van der Waals surface area contributed by atoms with Gasteiger partial charge in [0, 0.05) is 127 Å². The van der Waals surface area contributed by atoms with Crippen molar-refractivity contribution in [2.75, 3.05) is 14.7 Å². The van der Waals surface area contributed by atoms with Crippen LogP contribution >= 0.6 is 34.0 Å². The summed E-state index contributed by atoms with van der Waals surface area (Å²) in [5, 5.41) is 17.5. The van der Waals surface area contributed by atoms with E-state index in [1.807, 2.05) is 34.0 Å². The van der Waals surface area contributed by atoms with Crippen molar-refractivity contribution in [2.24, 2.45) is 0 Å². The van der Waals surface area contributed by atoms with Gasteiger partial charge in [-0.3, -0.25) is 0 Å². The summed E-state index contributed by atoms with van der Waals surface area (Å²) < 4.78 is 7.90. The van der Waals surface area contributed by atoms with Crippen LogP contribution in [-0.2, 0) is 0 Å². The molecule has 0 unspecified atom stereocenters. The Kier molecular flexibility index (Phi) is 17.3. The fourth-order valence-electron chi connectivity index (χ4n) is 17.5. The molecule has 3 aromatic heterocycles. The average Bonchev–Trinajstić information content (AvgIpc) is 0.976. The Morgan fingerprint density at radius 2 is 0.412 bits per heavy atom. The third-order valence-electron chi connectivity index (χ3n) is 22.5. The zero-order valence-electron chi connectivity index (χ0n) is 62.7. The van der Waals surface area contributed by atoms with E-state index in [9.17, 15) is 0 Å². The number of thiophene rings is 3. The van der Waals surface area contributed by atoms with Gasteiger partial charge < -0.3 is 14.7 Å². The van der Waals surface area contributed by atoms with E-state index in [2.05, 4.69) is 435 Å². The fraction of sp³-hybridized carbons (Fsp3) is 0.0185. The van der Waals surface area contributed by atoms with Crippen molar-refractivity contribution in [1.82, 2.24) is 0 Å². The van der Waals surface area contributed by atoms with Crippen molar-refractivity contribution in [3.8, 4) is 44.5 Å². The Labute approximate surface area is 674 Å². The molecule has 114 heavy (non-hydrogen) atoms. The van der Waals surface area contributed by atoms with E-state index >= 15 is 0 Å². The van der Waals surface area contributed by atoms with Gasteiger partial charge in [0.05, 0.1) is 17.1 Å². The van der Waals surface area contributed by atoms with E-state index in [0.29, 0.717) is 0 Å². The predicted octanol–water partition coefficient (Wildman–Crippen LogP) is 32.8. The normalized spacial score (nSPS) is 11.6. The van der Waals surface area contributed by atoms with Gasteiger partial charge in [0.25, 0.3) is 0 Å². The lowest BCUT2D eigenvalue weighted by atomic mass is 9.90. The first-order valence-corrected chi connectivity index (χ1v) is 41.4. The molecule has 0 bridgehead atoms. The molecule has 538 valence electrons. The molecule has 0 atom stereocenters. The van der Waals surface area contributed by atoms with Crippen LogP contribution in [0.1, 0.15) is 11.1 Å². The number of benzene rings is 19. The summed E-state index contributed by atoms with van der Waals surface area (Å²) in [4.78, 5) is 7.45. The molecule has 0 N–H and O–H groups in total. The van der Waals surface area contributed by atoms with Crippen molar-refractivity contribution in [2.45, 2.75) is 13.8 Å². The molecule has 6 heteroatoms. The van der Waals surface area contributed by atoms with Gasteiger partial charge in [-0.25, -0.2) is 0 Å². The number of nitrogens with zero attached hydrogens (tertiary/aromatic N) is 3. The highest BCUT2D eigenvalue weighted by Gasteiger charge is 2.28. The molecule has 0 amide bonds. The summed E-state index contributed by atoms with van der Waals surface area (Å²) in [6.45, 7) is 4.38. The standard InChI is InChI=1S/C64H44N2S2.C44H29NS/c1-41-17-11-21-45(37-41)65(47-23-13-19-43(39-47)49-31-15-33-57-51-25-7-9-35-59(51)67-63(49)57)61-53-27-3-5-29-55(53)62(56-30-6-4-28-54(56)61)66(46-22-12-18-42(2)38-46)48-24-14-20-44(40-48)50-32-16-34-58-52-26-8-10-36-60(52)68-64(50)58;1-3-15-30(16-4-1)42-36-22-7-9-24-38(36)43(39-25-10-8-23-37(39)42)45(32-18-5-2-6-19-32)33-20-13-17-31(29-33)34-26-14-27-40-35-21-11-12-28-41(35)46-44(34)40/h3-40H,1-2H3;1-29H. The van der Waals surface area contributed by atoms with Gasteiger partial charge in [-0.2, -0.15) is 0 Å². The Morgan fingerprint density at radius 3 is 0.754 bits per heavy atom. The van der Waals surface area contributed by atoms with Crippen LogP contribution in [0, 0.1) is 13.8 Å². The molecule has 19 aromatic carbocycles. The summed E-state index contributed by atoms with van der Waals surface area (Å²) in [5.41, 5.74) is 22.5. The van der Waals surface area contributed by atoms with E-state index < -0.39 is 0 Å². The molecule has 3 heterocycles. The number of hydrogen-bond acceptors (Lipinski definition) is 6. The minimum atomic E-state index is 1.10. The summed E-state index contributed by atoms with van der Waals surface area (Å²) >= 11 is 5.64. The van der Waals surface area contributed by atoms with Gasteiger partial charge in [0.1, 0.15) is 0 Å². The predicted molar refractivity (Wildman–Crippen MR) is 497 cm³/mol. The van der Waals surface area contributed by atoms with Crippen LogP contribution in [0.2, 0.25) is 0 Å². The Morgan fingerprint density at radius 1 is 0.175 bits per heavy atom. The Bertz CT molecular complexity index is 7120. The van der Waals surface area contributed by atoms with Gasteiger partial charge >= 0.3 is 0 Å². The monoisotopic (exact) mass is 1510 g/mol. The molecule has 0 aliphatic heterocycles. The van der Waals surface area contributed by atoms with Crippen molar-refractivity contribution in [3.63, 3.8) is 0 Å². The summed E-state index contributed by atoms with van der Waals surface area (Å²) in [6, 6.07) is 149. The van der Waals surface area contributed by atoms with Crippen LogP contribution in [0.4, 0.5) is 51.2 Å². The maximum atomic E-state index is 2.50. The van der Waals surface area contributed by atoms with Gasteiger partial charge in [-0.05, 0) is 171 Å². The average molecular weight is 1510 g/mol. The van der Waals surface area contributed by atoms with Crippen LogP contribution in [0.15, 0.2) is 406 Å². The minimum Gasteiger partial charge on any atom is -0.309 e. The largest absolute Gasteiger partial charge is 0.309 e. The molecule has 0 aliphatic rings. The summed E-state index contributed by atoms with van der Waals surface area (Å²) in [7, 11) is 0. The maximum absolute atomic E-state index is 2.50. The number of anilines is 9. The third kappa shape index (κ3) is 11.9. The van der Waals surface area contributed by atoms with Crippen molar-refractivity contribution >= 4 is 189 Å². The first kappa shape index (κ1) is 68.3. The lowest BCUT2D eigenvalue weighted by Crippen LogP contribution is -2.15. The molecule has 3 nitrogen and oxygen atoms in total. The highest BCUT2D eigenvalue weighted by atomic mass is 32.1. The van der Waals surface area contributed by atoms with E-state index in [4.69, 9.17) is 0 Å². The second-order valence-corrected chi connectivity index (χ2v) is 32.6. The maximum Gasteiger partial charge on any atom is 0.0619 e. The minimum absolute atomic E-state index is 1.10. The molecule has 0 radical (unpaired) electrons. The number of fused-ring (bicyclic) bond motifs is 13. The van der Waals surface area contributed by atoms with Crippen molar-refractivity contribution < 1.29 is 0 Å². The first-order valence-electron chi connectivity index (χ1n) is 38.9. The van der Waals surface area contributed by atoms with Crippen molar-refractivity contribution in [1.29, 1.82) is 0 Å². The SMILES string of the molecule is Cc1cccc(N(c2cccc(-c3cccc4c3sc3ccccc34)c2)c2c3ccccc3c(N(c3cccc(C)c3)c3cccc(-c4cccc5c4sc4ccccc45)c3)c3ccccc23)c1.c1ccc(-c2c3ccccc3c(N(c3ccccc3)c3cccc(-c4cccc5c4sc4ccccc45)c3)c3ccccc23)cc1. The smallest absolute Gasteiger partial charge is 0.0619 e. The number of aryl methyl sites for hydroxylation is 2. The van der Waals surface area contributed by atoms with Crippen LogP contribution < -0.4 is 14.7 Å². The molecule has 0 saturated heterocycles. The lowest BCUT2D eigenvalue weighted by molar-refractivity contribution is 1.28. The van der Waals surface area contributed by atoms with Crippen molar-refractivity contribution in [3.05, 3.63) is 418 Å². The topological polar surface area (TPSA) is 9.72 Å². The van der Waals surface area contributed by atoms with Gasteiger partial charge in [0.15, 0.2) is 0 Å². The van der Waals surface area contributed by atoms with E-state index in [0.717, 1.165) is 45.5 Å². The van der Waals surface area contributed by atoms with Crippen LogP contribution in [0.5, 0.6) is 0 Å². The van der Waals surface area contributed by atoms with Crippen LogP contribution in [0.25, 0.3) is 148 Å². The second-order valence-electron chi connectivity index (χ2n) is 29.5. The lowest BCUT2D eigenvalue weighted by Gasteiger charge is -2.33. The van der Waals surface area contributed by atoms with Crippen LogP contribution in [0.3, 0.4) is 0 Å². The molecule has 22 aromatic rings. The molecule has 0 saturated carbocycles. The zero-order chi connectivity index (χ0) is 75.7. The summed E-state index contributed by atoms with van der Waals surface area (Å²) in [5.74, 6) is 0. The highest BCUT2D eigenvalue weighted by molar-refractivity contribution is 7.27.